The lowest BCUT2D eigenvalue weighted by molar-refractivity contribution is -0.119. The van der Waals surface area contributed by atoms with Crippen LogP contribution in [-0.2, 0) is 19.6 Å². The van der Waals surface area contributed by atoms with E-state index in [4.69, 9.17) is 18.9 Å². The van der Waals surface area contributed by atoms with Crippen LogP contribution < -0.4 is 19.5 Å². The quantitative estimate of drug-likeness (QED) is 0.531. The number of carbonyl (C=O) groups is 2. The van der Waals surface area contributed by atoms with Gasteiger partial charge in [0.15, 0.2) is 18.1 Å². The molecule has 3 rings (SSSR count). The number of methoxy groups -OCH3 is 3. The van der Waals surface area contributed by atoms with Gasteiger partial charge in [-0.15, -0.1) is 0 Å². The molecule has 2 aromatic carbocycles. The van der Waals surface area contributed by atoms with Gasteiger partial charge in [-0.2, -0.15) is 4.31 Å². The first kappa shape index (κ1) is 25.3. The number of benzene rings is 2. The summed E-state index contributed by atoms with van der Waals surface area (Å²) in [5.74, 6) is -0.342. The van der Waals surface area contributed by atoms with Crippen LogP contribution in [0.4, 0.5) is 5.69 Å². The van der Waals surface area contributed by atoms with E-state index in [0.717, 1.165) is 19.3 Å². The van der Waals surface area contributed by atoms with Crippen LogP contribution in [-0.4, -0.2) is 65.6 Å². The number of ether oxygens (including phenoxy) is 4. The van der Waals surface area contributed by atoms with E-state index < -0.39 is 28.5 Å². The Kier molecular flexibility index (Phi) is 8.35. The first-order valence-corrected chi connectivity index (χ1v) is 12.1. The zero-order valence-electron chi connectivity index (χ0n) is 19.3. The summed E-state index contributed by atoms with van der Waals surface area (Å²) >= 11 is 0. The highest BCUT2D eigenvalue weighted by Crippen LogP contribution is 2.39. The van der Waals surface area contributed by atoms with Crippen molar-refractivity contribution in [2.45, 2.75) is 24.2 Å². The van der Waals surface area contributed by atoms with E-state index in [2.05, 4.69) is 5.32 Å². The first-order valence-electron chi connectivity index (χ1n) is 10.7. The molecule has 0 aliphatic carbocycles. The lowest BCUT2D eigenvalue weighted by Gasteiger charge is -2.25. The normalized spacial score (nSPS) is 14.2. The number of hydrogen-bond donors (Lipinski definition) is 1. The van der Waals surface area contributed by atoms with Crippen LogP contribution >= 0.6 is 0 Å². The molecule has 1 aliphatic heterocycles. The molecule has 0 atom stereocenters. The minimum absolute atomic E-state index is 0.0192. The van der Waals surface area contributed by atoms with Crippen molar-refractivity contribution in [1.29, 1.82) is 0 Å². The molecule has 0 aromatic heterocycles. The SMILES string of the molecule is COc1cc(NC(=O)COC(=O)c2cccc(S(=O)(=O)N3CCCCC3)c2)cc(OC)c1OC. The van der Waals surface area contributed by atoms with Crippen molar-refractivity contribution >= 4 is 27.6 Å². The van der Waals surface area contributed by atoms with E-state index in [0.29, 0.717) is 36.0 Å². The average Bonchev–Trinajstić information content (AvgIpc) is 2.87. The molecule has 0 bridgehead atoms. The highest BCUT2D eigenvalue weighted by atomic mass is 32.2. The third-order valence-corrected chi connectivity index (χ3v) is 7.20. The van der Waals surface area contributed by atoms with Crippen LogP contribution in [0.25, 0.3) is 0 Å². The van der Waals surface area contributed by atoms with Gasteiger partial charge in [0.25, 0.3) is 5.91 Å². The molecule has 184 valence electrons. The van der Waals surface area contributed by atoms with Gasteiger partial charge < -0.3 is 24.3 Å². The van der Waals surface area contributed by atoms with E-state index in [1.807, 2.05) is 0 Å². The predicted molar refractivity (Wildman–Crippen MR) is 124 cm³/mol. The lowest BCUT2D eigenvalue weighted by atomic mass is 10.2. The van der Waals surface area contributed by atoms with Gasteiger partial charge in [-0.1, -0.05) is 12.5 Å². The highest BCUT2D eigenvalue weighted by molar-refractivity contribution is 7.89. The van der Waals surface area contributed by atoms with Crippen molar-refractivity contribution in [3.8, 4) is 17.2 Å². The Labute approximate surface area is 198 Å². The molecule has 2 aromatic rings. The topological polar surface area (TPSA) is 120 Å². The molecule has 34 heavy (non-hydrogen) atoms. The molecule has 0 radical (unpaired) electrons. The van der Waals surface area contributed by atoms with Crippen molar-refractivity contribution in [2.75, 3.05) is 46.3 Å². The number of rotatable bonds is 9. The number of amides is 1. The maximum Gasteiger partial charge on any atom is 0.338 e. The third-order valence-electron chi connectivity index (χ3n) is 5.31. The van der Waals surface area contributed by atoms with Crippen LogP contribution in [0, 0.1) is 0 Å². The second-order valence-corrected chi connectivity index (χ2v) is 9.47. The molecule has 1 aliphatic rings. The molecule has 0 unspecified atom stereocenters. The Morgan fingerprint density at radius 1 is 0.941 bits per heavy atom. The van der Waals surface area contributed by atoms with E-state index in [9.17, 15) is 18.0 Å². The molecule has 11 heteroatoms. The van der Waals surface area contributed by atoms with Gasteiger partial charge in [0.1, 0.15) is 0 Å². The highest BCUT2D eigenvalue weighted by Gasteiger charge is 2.26. The van der Waals surface area contributed by atoms with Crippen LogP contribution in [0.3, 0.4) is 0 Å². The van der Waals surface area contributed by atoms with E-state index in [1.54, 1.807) is 0 Å². The maximum absolute atomic E-state index is 12.9. The average molecular weight is 493 g/mol. The molecule has 1 heterocycles. The molecule has 10 nitrogen and oxygen atoms in total. The van der Waals surface area contributed by atoms with Crippen molar-refractivity contribution in [3.63, 3.8) is 0 Å². The number of esters is 1. The summed E-state index contributed by atoms with van der Waals surface area (Å²) in [4.78, 5) is 24.8. The van der Waals surface area contributed by atoms with Gasteiger partial charge >= 0.3 is 5.97 Å². The zero-order chi connectivity index (χ0) is 24.7. The zero-order valence-corrected chi connectivity index (χ0v) is 20.1. The van der Waals surface area contributed by atoms with Crippen LogP contribution in [0.5, 0.6) is 17.2 Å². The second-order valence-electron chi connectivity index (χ2n) is 7.53. The largest absolute Gasteiger partial charge is 0.493 e. The predicted octanol–water partition coefficient (Wildman–Crippen LogP) is 2.68. The summed E-state index contributed by atoms with van der Waals surface area (Å²) in [6, 6.07) is 8.70. The van der Waals surface area contributed by atoms with Crippen LogP contribution in [0.1, 0.15) is 29.6 Å². The summed E-state index contributed by atoms with van der Waals surface area (Å²) in [6.07, 6.45) is 2.61. The summed E-state index contributed by atoms with van der Waals surface area (Å²) in [7, 11) is 0.664. The smallest absolute Gasteiger partial charge is 0.338 e. The number of nitrogens with zero attached hydrogens (tertiary/aromatic N) is 1. The van der Waals surface area contributed by atoms with Gasteiger partial charge in [0, 0.05) is 30.9 Å². The fraction of sp³-hybridized carbons (Fsp3) is 0.391. The number of piperidine rings is 1. The molecule has 1 amide bonds. The Bertz CT molecular complexity index is 1120. The molecule has 1 N–H and O–H groups in total. The molecule has 1 saturated heterocycles. The summed E-state index contributed by atoms with van der Waals surface area (Å²) < 4.78 is 48.0. The standard InChI is InChI=1S/C23H28N2O8S/c1-30-19-13-17(14-20(31-2)22(19)32-3)24-21(26)15-33-23(27)16-8-7-9-18(12-16)34(28,29)25-10-5-4-6-11-25/h7-9,12-14H,4-6,10-11,15H2,1-3H3,(H,24,26). The Morgan fingerprint density at radius 2 is 1.59 bits per heavy atom. The number of anilines is 1. The van der Waals surface area contributed by atoms with Crippen molar-refractivity contribution in [1.82, 2.24) is 4.31 Å². The second kappa shape index (κ2) is 11.2. The molecule has 0 spiro atoms. The molecular weight excluding hydrogens is 464 g/mol. The number of nitrogens with one attached hydrogen (secondary N) is 1. The van der Waals surface area contributed by atoms with Crippen molar-refractivity contribution < 1.29 is 37.0 Å². The van der Waals surface area contributed by atoms with Crippen molar-refractivity contribution in [2.24, 2.45) is 0 Å². The van der Waals surface area contributed by atoms with Crippen molar-refractivity contribution in [3.05, 3.63) is 42.0 Å². The van der Waals surface area contributed by atoms with Crippen LogP contribution in [0.15, 0.2) is 41.3 Å². The third kappa shape index (κ3) is 5.78. The Balaban J connectivity index is 1.65. The minimum atomic E-state index is -3.70. The fourth-order valence-corrected chi connectivity index (χ4v) is 5.17. The number of carbonyl (C=O) groups excluding carboxylic acids is 2. The van der Waals surface area contributed by atoms with E-state index in [1.165, 1.54) is 62.0 Å². The summed E-state index contributed by atoms with van der Waals surface area (Å²) in [5.41, 5.74) is 0.392. The lowest BCUT2D eigenvalue weighted by Crippen LogP contribution is -2.35. The van der Waals surface area contributed by atoms with Crippen LogP contribution in [0.2, 0.25) is 0 Å². The monoisotopic (exact) mass is 492 g/mol. The minimum Gasteiger partial charge on any atom is -0.493 e. The van der Waals surface area contributed by atoms with Gasteiger partial charge in [-0.3, -0.25) is 4.79 Å². The van der Waals surface area contributed by atoms with E-state index >= 15 is 0 Å². The van der Waals surface area contributed by atoms with Gasteiger partial charge in [0.2, 0.25) is 15.8 Å². The maximum atomic E-state index is 12.9. The first-order chi connectivity index (χ1) is 16.3. The van der Waals surface area contributed by atoms with Gasteiger partial charge in [-0.25, -0.2) is 13.2 Å². The van der Waals surface area contributed by atoms with E-state index in [-0.39, 0.29) is 10.5 Å². The van der Waals surface area contributed by atoms with Gasteiger partial charge in [0.05, 0.1) is 31.8 Å². The number of hydrogen-bond acceptors (Lipinski definition) is 8. The summed E-state index contributed by atoms with van der Waals surface area (Å²) in [6.45, 7) is 0.342. The molecule has 0 saturated carbocycles. The Morgan fingerprint density at radius 3 is 2.18 bits per heavy atom. The number of sulfonamides is 1. The van der Waals surface area contributed by atoms with Gasteiger partial charge in [-0.05, 0) is 31.0 Å². The molecule has 1 fully saturated rings. The summed E-state index contributed by atoms with van der Waals surface area (Å²) in [5, 5.41) is 2.59. The fourth-order valence-electron chi connectivity index (χ4n) is 3.60. The Hall–Kier alpha value is -3.31. The molecular formula is C23H28N2O8S.